The van der Waals surface area contributed by atoms with Crippen LogP contribution in [0.4, 0.5) is 0 Å². The van der Waals surface area contributed by atoms with Crippen molar-refractivity contribution < 1.29 is 22.3 Å². The number of carbonyl (C=O) groups excluding carboxylic acids is 1. The number of carbonyl (C=O) groups is 1. The summed E-state index contributed by atoms with van der Waals surface area (Å²) < 4.78 is 29.3. The highest BCUT2D eigenvalue weighted by Gasteiger charge is 1.98. The molecule has 1 aromatic carbocycles. The molecule has 0 fully saturated rings. The first kappa shape index (κ1) is 17.7. The van der Waals surface area contributed by atoms with E-state index in [1.165, 1.54) is 0 Å². The summed E-state index contributed by atoms with van der Waals surface area (Å²) in [4.78, 5) is 10.5. The fraction of sp³-hybridized carbons (Fsp3) is 0.125. The first-order valence-corrected chi connectivity index (χ1v) is 8.20. The standard InChI is InChI=1S/C15H14NO.CH4O3S/c1-16-11-3-2-4-15(16)10-9-13-5-7-14(12-17)8-6-13;1-5(2,3)4/h2-12H,1H3;1H3,(H,2,3,4)/q+1;/p-1. The van der Waals surface area contributed by atoms with Crippen molar-refractivity contribution in [3.8, 4) is 0 Å². The van der Waals surface area contributed by atoms with Gasteiger partial charge in [0.05, 0.1) is 10.1 Å². The molecule has 1 heterocycles. The number of aldehydes is 1. The van der Waals surface area contributed by atoms with E-state index in [2.05, 4.69) is 16.7 Å². The number of nitrogens with zero attached hydrogens (tertiary/aromatic N) is 1. The van der Waals surface area contributed by atoms with Gasteiger partial charge in [-0.1, -0.05) is 24.3 Å². The highest BCUT2D eigenvalue weighted by Crippen LogP contribution is 2.06. The third kappa shape index (κ3) is 7.47. The molecule has 1 aromatic heterocycles. The van der Waals surface area contributed by atoms with E-state index in [0.29, 0.717) is 11.8 Å². The first-order chi connectivity index (χ1) is 10.3. The van der Waals surface area contributed by atoms with Crippen LogP contribution in [0.25, 0.3) is 12.2 Å². The van der Waals surface area contributed by atoms with Gasteiger partial charge in [-0.3, -0.25) is 4.79 Å². The molecule has 0 aliphatic rings. The molecule has 22 heavy (non-hydrogen) atoms. The zero-order valence-electron chi connectivity index (χ0n) is 12.3. The number of benzene rings is 1. The number of hydrogen-bond donors (Lipinski definition) is 0. The summed E-state index contributed by atoms with van der Waals surface area (Å²) in [6, 6.07) is 13.6. The average Bonchev–Trinajstić information content (AvgIpc) is 2.45. The Kier molecular flexibility index (Phi) is 6.62. The number of rotatable bonds is 3. The normalized spacial score (nSPS) is 10.9. The molecule has 0 aliphatic carbocycles. The van der Waals surface area contributed by atoms with E-state index in [-0.39, 0.29) is 0 Å². The van der Waals surface area contributed by atoms with Crippen LogP contribution in [-0.2, 0) is 17.2 Å². The van der Waals surface area contributed by atoms with Crippen LogP contribution in [-0.4, -0.2) is 25.5 Å². The van der Waals surface area contributed by atoms with Gasteiger partial charge >= 0.3 is 0 Å². The molecule has 0 radical (unpaired) electrons. The molecule has 5 nitrogen and oxygen atoms in total. The number of hydrogen-bond acceptors (Lipinski definition) is 4. The van der Waals surface area contributed by atoms with Gasteiger partial charge in [-0.15, -0.1) is 0 Å². The van der Waals surface area contributed by atoms with E-state index >= 15 is 0 Å². The molecule has 0 spiro atoms. The molecule has 0 unspecified atom stereocenters. The number of aryl methyl sites for hydroxylation is 1. The molecular weight excluding hydrogens is 302 g/mol. The molecule has 0 saturated heterocycles. The number of aromatic nitrogens is 1. The summed E-state index contributed by atoms with van der Waals surface area (Å²) in [5.74, 6) is 0. The summed E-state index contributed by atoms with van der Waals surface area (Å²) in [6.45, 7) is 0. The summed E-state index contributed by atoms with van der Waals surface area (Å²) in [5.41, 5.74) is 2.92. The van der Waals surface area contributed by atoms with Gasteiger partial charge in [0.2, 0.25) is 5.69 Å². The van der Waals surface area contributed by atoms with Crippen molar-refractivity contribution in [2.24, 2.45) is 7.05 Å². The lowest BCUT2D eigenvalue weighted by molar-refractivity contribution is -0.673. The van der Waals surface area contributed by atoms with Crippen LogP contribution in [0.5, 0.6) is 0 Å². The molecule has 116 valence electrons. The van der Waals surface area contributed by atoms with Gasteiger partial charge in [-0.05, 0) is 17.7 Å². The van der Waals surface area contributed by atoms with E-state index in [1.54, 1.807) is 0 Å². The molecule has 2 aromatic rings. The average molecular weight is 319 g/mol. The first-order valence-electron chi connectivity index (χ1n) is 6.38. The van der Waals surface area contributed by atoms with Gasteiger partial charge in [0.1, 0.15) is 13.3 Å². The smallest absolute Gasteiger partial charge is 0.204 e. The molecular formula is C16H17NO4S. The van der Waals surface area contributed by atoms with Gasteiger partial charge < -0.3 is 4.55 Å². The van der Waals surface area contributed by atoms with Crippen LogP contribution in [0.2, 0.25) is 0 Å². The Hall–Kier alpha value is -2.31. The molecule has 0 N–H and O–H groups in total. The predicted octanol–water partition coefficient (Wildman–Crippen LogP) is 1.66. The Bertz CT molecular complexity index is 742. The zero-order valence-corrected chi connectivity index (χ0v) is 13.2. The van der Waals surface area contributed by atoms with E-state index in [4.69, 9.17) is 13.0 Å². The second-order valence-electron chi connectivity index (χ2n) is 4.56. The van der Waals surface area contributed by atoms with Crippen molar-refractivity contribution in [3.05, 3.63) is 65.5 Å². The second kappa shape index (κ2) is 8.21. The highest BCUT2D eigenvalue weighted by atomic mass is 32.2. The predicted molar refractivity (Wildman–Crippen MR) is 84.0 cm³/mol. The minimum atomic E-state index is -3.92. The van der Waals surface area contributed by atoms with E-state index in [9.17, 15) is 4.79 Å². The molecule has 0 atom stereocenters. The van der Waals surface area contributed by atoms with Gasteiger partial charge in [0.15, 0.2) is 6.20 Å². The third-order valence-corrected chi connectivity index (χ3v) is 2.61. The lowest BCUT2D eigenvalue weighted by Crippen LogP contribution is -2.30. The minimum absolute atomic E-state index is 0.604. The molecule has 0 saturated carbocycles. The molecule has 0 bridgehead atoms. The molecule has 6 heteroatoms. The Morgan fingerprint density at radius 1 is 1.00 bits per heavy atom. The maximum absolute atomic E-state index is 10.5. The van der Waals surface area contributed by atoms with Gasteiger partial charge in [0, 0.05) is 30.0 Å². The van der Waals surface area contributed by atoms with Crippen LogP contribution >= 0.6 is 0 Å². The van der Waals surface area contributed by atoms with Gasteiger partial charge in [0.25, 0.3) is 0 Å². The SMILES string of the molecule is CS(=O)(=O)[O-].C[n+]1ccccc1C=Cc1ccc(C=O)cc1. The lowest BCUT2D eigenvalue weighted by Gasteiger charge is -1.94. The van der Waals surface area contributed by atoms with Crippen molar-refractivity contribution in [1.82, 2.24) is 0 Å². The van der Waals surface area contributed by atoms with Crippen molar-refractivity contribution in [2.75, 3.05) is 6.26 Å². The van der Waals surface area contributed by atoms with Gasteiger partial charge in [-0.2, -0.15) is 0 Å². The highest BCUT2D eigenvalue weighted by molar-refractivity contribution is 7.84. The Labute approximate surface area is 130 Å². The summed E-state index contributed by atoms with van der Waals surface area (Å²) >= 11 is 0. The monoisotopic (exact) mass is 319 g/mol. The fourth-order valence-corrected chi connectivity index (χ4v) is 1.58. The molecule has 0 amide bonds. The Morgan fingerprint density at radius 2 is 1.55 bits per heavy atom. The summed E-state index contributed by atoms with van der Waals surface area (Å²) in [5, 5.41) is 0. The van der Waals surface area contributed by atoms with E-state index in [0.717, 1.165) is 17.5 Å². The van der Waals surface area contributed by atoms with Crippen LogP contribution in [0.3, 0.4) is 0 Å². The Morgan fingerprint density at radius 3 is 2.05 bits per heavy atom. The maximum atomic E-state index is 10.5. The van der Waals surface area contributed by atoms with Crippen molar-refractivity contribution in [1.29, 1.82) is 0 Å². The fourth-order valence-electron chi connectivity index (χ4n) is 1.58. The lowest BCUT2D eigenvalue weighted by atomic mass is 10.1. The summed E-state index contributed by atoms with van der Waals surface area (Å²) in [7, 11) is -1.91. The summed E-state index contributed by atoms with van der Waals surface area (Å²) in [6.07, 6.45) is 7.55. The topological polar surface area (TPSA) is 78.2 Å². The molecule has 0 aliphatic heterocycles. The largest absolute Gasteiger partial charge is 0.748 e. The van der Waals surface area contributed by atoms with Crippen molar-refractivity contribution >= 4 is 28.6 Å². The molecule has 2 rings (SSSR count). The Balaban J connectivity index is 0.000000422. The minimum Gasteiger partial charge on any atom is -0.748 e. The van der Waals surface area contributed by atoms with E-state index in [1.807, 2.05) is 55.7 Å². The van der Waals surface area contributed by atoms with Crippen LogP contribution < -0.4 is 4.57 Å². The van der Waals surface area contributed by atoms with Crippen LogP contribution in [0.1, 0.15) is 21.6 Å². The third-order valence-electron chi connectivity index (χ3n) is 2.61. The van der Waals surface area contributed by atoms with Crippen molar-refractivity contribution in [3.63, 3.8) is 0 Å². The van der Waals surface area contributed by atoms with Crippen molar-refractivity contribution in [2.45, 2.75) is 0 Å². The quantitative estimate of drug-likeness (QED) is 0.489. The number of pyridine rings is 1. The van der Waals surface area contributed by atoms with Crippen LogP contribution in [0, 0.1) is 0 Å². The second-order valence-corrected chi connectivity index (χ2v) is 5.97. The van der Waals surface area contributed by atoms with Gasteiger partial charge in [-0.25, -0.2) is 13.0 Å². The van der Waals surface area contributed by atoms with E-state index < -0.39 is 10.1 Å². The zero-order chi connectivity index (χ0) is 16.6. The maximum Gasteiger partial charge on any atom is 0.204 e. The van der Waals surface area contributed by atoms with Crippen LogP contribution in [0.15, 0.2) is 48.7 Å².